The van der Waals surface area contributed by atoms with E-state index < -0.39 is 8.80 Å². The molecule has 0 amide bonds. The first-order valence-electron chi connectivity index (χ1n) is 5.85. The monoisotopic (exact) mass is 249 g/mol. The van der Waals surface area contributed by atoms with Crippen LogP contribution >= 0.6 is 0 Å². The number of methoxy groups -OCH3 is 1. The van der Waals surface area contributed by atoms with Gasteiger partial charge in [0.05, 0.1) is 7.11 Å². The van der Waals surface area contributed by atoms with Crippen LogP contribution in [0.5, 0.6) is 5.75 Å². The fourth-order valence-electron chi connectivity index (χ4n) is 1.57. The molecule has 1 aromatic rings. The Morgan fingerprint density at radius 3 is 2.41 bits per heavy atom. The molecule has 93 valence electrons. The smallest absolute Gasteiger partial charge is 0.137 e. The van der Waals surface area contributed by atoms with Crippen LogP contribution in [0, 0.1) is 0 Å². The maximum Gasteiger partial charge on any atom is 0.137 e. The van der Waals surface area contributed by atoms with Crippen molar-refractivity contribution in [2.24, 2.45) is 0 Å². The minimum atomic E-state index is -0.999. The molecule has 0 bridgehead atoms. The molecular formula is C14H21O2Si. The molecule has 0 unspecified atom stereocenters. The van der Waals surface area contributed by atoms with Crippen molar-refractivity contribution in [3.05, 3.63) is 29.8 Å². The lowest BCUT2D eigenvalue weighted by Crippen LogP contribution is -2.33. The molecule has 0 N–H and O–H groups in total. The van der Waals surface area contributed by atoms with Crippen molar-refractivity contribution < 1.29 is 9.53 Å². The number of ether oxygens (including phenoxy) is 1. The zero-order chi connectivity index (χ0) is 13.1. The summed E-state index contributed by atoms with van der Waals surface area (Å²) in [6.07, 6.45) is 0.492. The number of hydrogen-bond donors (Lipinski definition) is 0. The van der Waals surface area contributed by atoms with Crippen LogP contribution < -0.4 is 4.74 Å². The molecule has 3 heteroatoms. The maximum absolute atomic E-state index is 12.2. The van der Waals surface area contributed by atoms with E-state index in [9.17, 15) is 4.79 Å². The van der Waals surface area contributed by atoms with E-state index in [2.05, 4.69) is 27.3 Å². The summed E-state index contributed by atoms with van der Waals surface area (Å²) >= 11 is 0. The largest absolute Gasteiger partial charge is 0.496 e. The topological polar surface area (TPSA) is 26.3 Å². The Morgan fingerprint density at radius 2 is 1.88 bits per heavy atom. The predicted octanol–water partition coefficient (Wildman–Crippen LogP) is 3.27. The Kier molecular flexibility index (Phi) is 4.51. The number of carbonyl (C=O) groups is 1. The van der Waals surface area contributed by atoms with E-state index in [1.54, 1.807) is 7.11 Å². The van der Waals surface area contributed by atoms with Crippen LogP contribution in [0.15, 0.2) is 24.3 Å². The molecular weight excluding hydrogens is 228 g/mol. The molecule has 2 nitrogen and oxygen atoms in total. The van der Waals surface area contributed by atoms with Crippen molar-refractivity contribution in [3.8, 4) is 5.75 Å². The number of benzene rings is 1. The lowest BCUT2D eigenvalue weighted by atomic mass is 10.1. The van der Waals surface area contributed by atoms with Gasteiger partial charge in [-0.1, -0.05) is 45.5 Å². The summed E-state index contributed by atoms with van der Waals surface area (Å²) in [4.78, 5) is 12.2. The van der Waals surface area contributed by atoms with E-state index in [4.69, 9.17) is 4.74 Å². The zero-order valence-corrected chi connectivity index (χ0v) is 12.3. The van der Waals surface area contributed by atoms with Crippen molar-refractivity contribution in [3.63, 3.8) is 0 Å². The molecule has 0 aliphatic heterocycles. The van der Waals surface area contributed by atoms with Gasteiger partial charge in [0.2, 0.25) is 0 Å². The Balaban J connectivity index is 2.81. The zero-order valence-electron chi connectivity index (χ0n) is 11.3. The van der Waals surface area contributed by atoms with Crippen LogP contribution in [0.2, 0.25) is 11.6 Å². The molecule has 0 saturated heterocycles. The van der Waals surface area contributed by atoms with Crippen LogP contribution in [-0.4, -0.2) is 21.3 Å². The normalized spacial score (nSPS) is 11.6. The Morgan fingerprint density at radius 1 is 1.29 bits per heavy atom. The van der Waals surface area contributed by atoms with Gasteiger partial charge in [0.15, 0.2) is 0 Å². The minimum absolute atomic E-state index is 0.115. The first kappa shape index (κ1) is 14.0. The average molecular weight is 249 g/mol. The second-order valence-electron chi connectivity index (χ2n) is 5.29. The summed E-state index contributed by atoms with van der Waals surface area (Å²) in [6.45, 7) is 8.52. The first-order chi connectivity index (χ1) is 7.86. The van der Waals surface area contributed by atoms with Crippen LogP contribution in [0.1, 0.15) is 26.3 Å². The van der Waals surface area contributed by atoms with Gasteiger partial charge < -0.3 is 9.53 Å². The van der Waals surface area contributed by atoms with Gasteiger partial charge in [-0.3, -0.25) is 0 Å². The fourth-order valence-corrected chi connectivity index (χ4v) is 2.86. The van der Waals surface area contributed by atoms with Crippen LogP contribution in [0.4, 0.5) is 0 Å². The SMILES string of the molecule is COc1ccccc1CC(=O)[Si](C)C(C)(C)C. The second kappa shape index (κ2) is 5.49. The highest BCUT2D eigenvalue weighted by Crippen LogP contribution is 2.28. The molecule has 1 rings (SSSR count). The van der Waals surface area contributed by atoms with E-state index in [1.807, 2.05) is 24.3 Å². The summed E-state index contributed by atoms with van der Waals surface area (Å²) in [7, 11) is 0.644. The average Bonchev–Trinajstić information content (AvgIpc) is 2.27. The van der Waals surface area contributed by atoms with E-state index in [1.165, 1.54) is 0 Å². The maximum atomic E-state index is 12.2. The number of hydrogen-bond acceptors (Lipinski definition) is 2. The lowest BCUT2D eigenvalue weighted by Gasteiger charge is -2.24. The number of rotatable bonds is 4. The third kappa shape index (κ3) is 3.70. The Labute approximate surface area is 106 Å². The van der Waals surface area contributed by atoms with Crippen LogP contribution in [0.3, 0.4) is 0 Å². The molecule has 0 saturated carbocycles. The highest BCUT2D eigenvalue weighted by atomic mass is 28.3. The number of para-hydroxylation sites is 1. The second-order valence-corrected chi connectivity index (χ2v) is 8.59. The molecule has 0 aliphatic rings. The molecule has 0 aromatic heterocycles. The highest BCUT2D eigenvalue weighted by Gasteiger charge is 2.29. The van der Waals surface area contributed by atoms with E-state index in [-0.39, 0.29) is 5.04 Å². The van der Waals surface area contributed by atoms with E-state index in [0.717, 1.165) is 11.3 Å². The van der Waals surface area contributed by atoms with Gasteiger partial charge in [0.25, 0.3) is 0 Å². The van der Waals surface area contributed by atoms with Crippen molar-refractivity contribution in [1.29, 1.82) is 0 Å². The van der Waals surface area contributed by atoms with Gasteiger partial charge in [-0.25, -0.2) is 0 Å². The quantitative estimate of drug-likeness (QED) is 0.766. The van der Waals surface area contributed by atoms with Crippen molar-refractivity contribution >= 4 is 14.2 Å². The summed E-state index contributed by atoms with van der Waals surface area (Å²) in [5, 5.41) is 0.482. The molecule has 0 aliphatic carbocycles. The van der Waals surface area contributed by atoms with E-state index >= 15 is 0 Å². The third-order valence-electron chi connectivity index (χ3n) is 3.09. The van der Waals surface area contributed by atoms with Crippen LogP contribution in [-0.2, 0) is 11.2 Å². The van der Waals surface area contributed by atoms with Gasteiger partial charge in [-0.05, 0) is 11.1 Å². The summed E-state index contributed by atoms with van der Waals surface area (Å²) in [6, 6.07) is 7.75. The summed E-state index contributed by atoms with van der Waals surface area (Å²) < 4.78 is 5.27. The Hall–Kier alpha value is -1.09. The Bertz CT molecular complexity index is 393. The summed E-state index contributed by atoms with van der Waals surface area (Å²) in [5.41, 5.74) is 0.994. The molecule has 0 atom stereocenters. The van der Waals surface area contributed by atoms with Gasteiger partial charge in [0.1, 0.15) is 20.0 Å². The molecule has 1 aromatic carbocycles. The van der Waals surface area contributed by atoms with Crippen molar-refractivity contribution in [2.75, 3.05) is 7.11 Å². The van der Waals surface area contributed by atoms with Gasteiger partial charge >= 0.3 is 0 Å². The lowest BCUT2D eigenvalue weighted by molar-refractivity contribution is -0.112. The van der Waals surface area contributed by atoms with Gasteiger partial charge in [-0.15, -0.1) is 0 Å². The van der Waals surface area contributed by atoms with E-state index in [0.29, 0.717) is 11.8 Å². The van der Waals surface area contributed by atoms with Crippen LogP contribution in [0.25, 0.3) is 0 Å². The minimum Gasteiger partial charge on any atom is -0.496 e. The third-order valence-corrected chi connectivity index (χ3v) is 6.35. The van der Waals surface area contributed by atoms with Crippen molar-refractivity contribution in [2.45, 2.75) is 38.8 Å². The predicted molar refractivity (Wildman–Crippen MR) is 73.0 cm³/mol. The highest BCUT2D eigenvalue weighted by molar-refractivity contribution is 6.91. The fraction of sp³-hybridized carbons (Fsp3) is 0.500. The van der Waals surface area contributed by atoms with Gasteiger partial charge in [-0.2, -0.15) is 0 Å². The molecule has 17 heavy (non-hydrogen) atoms. The molecule has 0 fully saturated rings. The van der Waals surface area contributed by atoms with Gasteiger partial charge in [0, 0.05) is 12.0 Å². The van der Waals surface area contributed by atoms with Crippen molar-refractivity contribution in [1.82, 2.24) is 0 Å². The molecule has 1 radical (unpaired) electrons. The number of carbonyl (C=O) groups excluding carboxylic acids is 1. The standard InChI is InChI=1S/C14H21O2Si/c1-14(2,3)17(5)13(15)10-11-8-6-7-9-12(11)16-4/h6-9H,10H2,1-5H3. The summed E-state index contributed by atoms with van der Waals surface area (Å²) in [5.74, 6) is 0.810. The first-order valence-corrected chi connectivity index (χ1v) is 7.85. The molecule has 0 heterocycles. The molecule has 0 spiro atoms.